The average molecular weight is 332 g/mol. The number of sulfonamides is 1. The van der Waals surface area contributed by atoms with Gasteiger partial charge in [-0.15, -0.1) is 0 Å². The van der Waals surface area contributed by atoms with E-state index in [4.69, 9.17) is 0 Å². The molecule has 1 unspecified atom stereocenters. The Balaban J connectivity index is 1.88. The summed E-state index contributed by atoms with van der Waals surface area (Å²) in [6, 6.07) is 0. The van der Waals surface area contributed by atoms with E-state index in [1.54, 1.807) is 6.92 Å². The molecule has 0 spiro atoms. The molecule has 7 nitrogen and oxygen atoms in total. The number of rotatable bonds is 5. The van der Waals surface area contributed by atoms with Gasteiger partial charge in [0.1, 0.15) is 0 Å². The first-order chi connectivity index (χ1) is 10.4. The van der Waals surface area contributed by atoms with Crippen molar-refractivity contribution in [3.8, 4) is 0 Å². The molecule has 0 aromatic heterocycles. The van der Waals surface area contributed by atoms with E-state index < -0.39 is 15.9 Å². The molecule has 1 amide bonds. The topological polar surface area (TPSA) is 73.0 Å². The maximum Gasteiger partial charge on any atom is 0.226 e. The van der Waals surface area contributed by atoms with Crippen LogP contribution in [0.15, 0.2) is 0 Å². The molecule has 8 heteroatoms. The van der Waals surface area contributed by atoms with Crippen LogP contribution in [0.3, 0.4) is 0 Å². The standard InChI is InChI=1S/C14H28N4O3S/c1-3-16-8-10-17(11-9-16)14(19)13(2)12-22(20,21)18-6-4-15-5-7-18/h13,15H,3-12H2,1-2H3. The number of piperazine rings is 2. The number of nitrogens with zero attached hydrogens (tertiary/aromatic N) is 3. The fourth-order valence-corrected chi connectivity index (χ4v) is 4.74. The van der Waals surface area contributed by atoms with Gasteiger partial charge in [-0.1, -0.05) is 13.8 Å². The Bertz CT molecular complexity index is 468. The summed E-state index contributed by atoms with van der Waals surface area (Å²) in [7, 11) is -3.35. The van der Waals surface area contributed by atoms with E-state index in [9.17, 15) is 13.2 Å². The minimum absolute atomic E-state index is 0.0329. The summed E-state index contributed by atoms with van der Waals surface area (Å²) in [5.74, 6) is -0.595. The summed E-state index contributed by atoms with van der Waals surface area (Å²) in [6.45, 7) is 10.3. The van der Waals surface area contributed by atoms with Crippen molar-refractivity contribution in [1.29, 1.82) is 0 Å². The molecule has 2 heterocycles. The maximum atomic E-state index is 12.5. The molecule has 128 valence electrons. The first-order valence-electron chi connectivity index (χ1n) is 8.13. The van der Waals surface area contributed by atoms with Crippen molar-refractivity contribution >= 4 is 15.9 Å². The molecule has 22 heavy (non-hydrogen) atoms. The van der Waals surface area contributed by atoms with E-state index in [0.717, 1.165) is 19.6 Å². The number of hydrogen-bond donors (Lipinski definition) is 1. The van der Waals surface area contributed by atoms with Gasteiger partial charge < -0.3 is 15.1 Å². The van der Waals surface area contributed by atoms with Gasteiger partial charge in [0.05, 0.1) is 11.7 Å². The van der Waals surface area contributed by atoms with Crippen molar-refractivity contribution in [2.75, 3.05) is 64.7 Å². The van der Waals surface area contributed by atoms with Crippen LogP contribution in [0.4, 0.5) is 0 Å². The third-order valence-corrected chi connectivity index (χ3v) is 6.56. The second kappa shape index (κ2) is 7.72. The Morgan fingerprint density at radius 3 is 2.23 bits per heavy atom. The van der Waals surface area contributed by atoms with Gasteiger partial charge in [-0.25, -0.2) is 8.42 Å². The predicted octanol–water partition coefficient (Wildman–Crippen LogP) is -0.978. The molecule has 2 aliphatic heterocycles. The lowest BCUT2D eigenvalue weighted by Crippen LogP contribution is -2.52. The lowest BCUT2D eigenvalue weighted by Gasteiger charge is -2.35. The van der Waals surface area contributed by atoms with Gasteiger partial charge in [0.25, 0.3) is 0 Å². The smallest absolute Gasteiger partial charge is 0.226 e. The first-order valence-corrected chi connectivity index (χ1v) is 9.74. The first kappa shape index (κ1) is 17.7. The summed E-state index contributed by atoms with van der Waals surface area (Å²) in [5, 5.41) is 3.14. The van der Waals surface area contributed by atoms with Crippen molar-refractivity contribution in [2.45, 2.75) is 13.8 Å². The van der Waals surface area contributed by atoms with Gasteiger partial charge in [-0.3, -0.25) is 4.79 Å². The Morgan fingerprint density at radius 1 is 1.09 bits per heavy atom. The molecule has 2 fully saturated rings. The molecule has 2 saturated heterocycles. The van der Waals surface area contributed by atoms with Gasteiger partial charge in [0.15, 0.2) is 0 Å². The van der Waals surface area contributed by atoms with Gasteiger partial charge in [0, 0.05) is 52.4 Å². The fourth-order valence-electron chi connectivity index (χ4n) is 3.01. The number of amides is 1. The molecular formula is C14H28N4O3S. The molecule has 1 atom stereocenters. The lowest BCUT2D eigenvalue weighted by molar-refractivity contribution is -0.136. The minimum atomic E-state index is -3.35. The van der Waals surface area contributed by atoms with Crippen molar-refractivity contribution < 1.29 is 13.2 Å². The van der Waals surface area contributed by atoms with Crippen LogP contribution in [-0.4, -0.2) is 93.1 Å². The Morgan fingerprint density at radius 2 is 1.68 bits per heavy atom. The SMILES string of the molecule is CCN1CCN(C(=O)C(C)CS(=O)(=O)N2CCNCC2)CC1. The molecule has 1 N–H and O–H groups in total. The fraction of sp³-hybridized carbons (Fsp3) is 0.929. The molecule has 0 aliphatic carbocycles. The molecular weight excluding hydrogens is 304 g/mol. The summed E-state index contributed by atoms with van der Waals surface area (Å²) < 4.78 is 26.3. The van der Waals surface area contributed by atoms with E-state index in [-0.39, 0.29) is 11.7 Å². The van der Waals surface area contributed by atoms with Crippen LogP contribution in [0.1, 0.15) is 13.8 Å². The molecule has 2 aliphatic rings. The van der Waals surface area contributed by atoms with E-state index in [0.29, 0.717) is 39.3 Å². The maximum absolute atomic E-state index is 12.5. The highest BCUT2D eigenvalue weighted by atomic mass is 32.2. The largest absolute Gasteiger partial charge is 0.340 e. The number of likely N-dealkylation sites (N-methyl/N-ethyl adjacent to an activating group) is 1. The van der Waals surface area contributed by atoms with Crippen molar-refractivity contribution in [3.05, 3.63) is 0 Å². The molecule has 0 radical (unpaired) electrons. The number of carbonyl (C=O) groups excluding carboxylic acids is 1. The van der Waals surface area contributed by atoms with Crippen LogP contribution in [0.25, 0.3) is 0 Å². The number of nitrogens with one attached hydrogen (secondary N) is 1. The lowest BCUT2D eigenvalue weighted by atomic mass is 10.1. The zero-order valence-electron chi connectivity index (χ0n) is 13.6. The van der Waals surface area contributed by atoms with Gasteiger partial charge in [-0.05, 0) is 6.54 Å². The molecule has 0 saturated carbocycles. The Kier molecular flexibility index (Phi) is 6.19. The van der Waals surface area contributed by atoms with Crippen LogP contribution >= 0.6 is 0 Å². The molecule has 0 bridgehead atoms. The highest BCUT2D eigenvalue weighted by molar-refractivity contribution is 7.89. The van der Waals surface area contributed by atoms with E-state index in [1.165, 1.54) is 4.31 Å². The average Bonchev–Trinajstić information content (AvgIpc) is 2.54. The van der Waals surface area contributed by atoms with Crippen LogP contribution < -0.4 is 5.32 Å². The second-order valence-corrected chi connectivity index (χ2v) is 8.10. The van der Waals surface area contributed by atoms with E-state index >= 15 is 0 Å². The summed E-state index contributed by atoms with van der Waals surface area (Å²) in [4.78, 5) is 16.6. The zero-order chi connectivity index (χ0) is 16.2. The normalized spacial score (nSPS) is 23.5. The van der Waals surface area contributed by atoms with E-state index in [2.05, 4.69) is 17.1 Å². The van der Waals surface area contributed by atoms with Crippen LogP contribution in [0.2, 0.25) is 0 Å². The number of hydrogen-bond acceptors (Lipinski definition) is 5. The highest BCUT2D eigenvalue weighted by Gasteiger charge is 2.31. The summed E-state index contributed by atoms with van der Waals surface area (Å²) >= 11 is 0. The minimum Gasteiger partial charge on any atom is -0.340 e. The van der Waals surface area contributed by atoms with Crippen molar-refractivity contribution in [3.63, 3.8) is 0 Å². The zero-order valence-corrected chi connectivity index (χ0v) is 14.4. The monoisotopic (exact) mass is 332 g/mol. The third-order valence-electron chi connectivity index (χ3n) is 4.48. The van der Waals surface area contributed by atoms with Crippen molar-refractivity contribution in [2.24, 2.45) is 5.92 Å². The van der Waals surface area contributed by atoms with Gasteiger partial charge in [0.2, 0.25) is 15.9 Å². The molecule has 2 rings (SSSR count). The second-order valence-electron chi connectivity index (χ2n) is 6.09. The Hall–Kier alpha value is -0.700. The van der Waals surface area contributed by atoms with Crippen LogP contribution in [-0.2, 0) is 14.8 Å². The molecule has 0 aromatic rings. The Labute approximate surface area is 133 Å². The quantitative estimate of drug-likeness (QED) is 0.701. The van der Waals surface area contributed by atoms with Gasteiger partial charge in [-0.2, -0.15) is 4.31 Å². The van der Waals surface area contributed by atoms with Gasteiger partial charge >= 0.3 is 0 Å². The van der Waals surface area contributed by atoms with Crippen LogP contribution in [0.5, 0.6) is 0 Å². The summed E-state index contributed by atoms with van der Waals surface area (Å²) in [5.41, 5.74) is 0. The molecule has 0 aromatic carbocycles. The predicted molar refractivity (Wildman–Crippen MR) is 86.1 cm³/mol. The van der Waals surface area contributed by atoms with Crippen LogP contribution in [0, 0.1) is 5.92 Å². The number of carbonyl (C=O) groups is 1. The van der Waals surface area contributed by atoms with E-state index in [1.807, 2.05) is 4.90 Å². The third kappa shape index (κ3) is 4.41. The summed E-state index contributed by atoms with van der Waals surface area (Å²) in [6.07, 6.45) is 0. The highest BCUT2D eigenvalue weighted by Crippen LogP contribution is 2.13. The van der Waals surface area contributed by atoms with Crippen molar-refractivity contribution in [1.82, 2.24) is 19.4 Å².